The van der Waals surface area contributed by atoms with E-state index in [9.17, 15) is 21.6 Å². The molecule has 0 atom stereocenters. The maximum absolute atomic E-state index is 12.6. The minimum absolute atomic E-state index is 0.00546. The van der Waals surface area contributed by atoms with E-state index >= 15 is 0 Å². The van der Waals surface area contributed by atoms with Crippen LogP contribution in [-0.2, 0) is 16.2 Å². The molecule has 3 N–H and O–H groups in total. The predicted octanol–water partition coefficient (Wildman–Crippen LogP) is 0.498. The van der Waals surface area contributed by atoms with Gasteiger partial charge in [-0.05, 0) is 0 Å². The smallest absolute Gasteiger partial charge is 0.373 e. The minimum Gasteiger partial charge on any atom is -0.373 e. The quantitative estimate of drug-likeness (QED) is 0.662. The van der Waals surface area contributed by atoms with Crippen LogP contribution in [0.25, 0.3) is 0 Å². The highest BCUT2D eigenvalue weighted by Crippen LogP contribution is 2.28. The van der Waals surface area contributed by atoms with Crippen LogP contribution in [-0.4, -0.2) is 44.8 Å². The average Bonchev–Trinajstić information content (AvgIpc) is 2.32. The second-order valence-electron chi connectivity index (χ2n) is 3.80. The van der Waals surface area contributed by atoms with Crippen molar-refractivity contribution in [1.29, 1.82) is 0 Å². The zero-order valence-corrected chi connectivity index (χ0v) is 11.6. The molecule has 1 aromatic heterocycles. The largest absolute Gasteiger partial charge is 0.451 e. The minimum atomic E-state index is -4.66. The van der Waals surface area contributed by atoms with Gasteiger partial charge in [-0.1, -0.05) is 0 Å². The molecule has 20 heavy (non-hydrogen) atoms. The van der Waals surface area contributed by atoms with Gasteiger partial charge in [0, 0.05) is 26.2 Å². The van der Waals surface area contributed by atoms with Crippen molar-refractivity contribution in [3.05, 3.63) is 11.9 Å². The van der Waals surface area contributed by atoms with E-state index in [0.29, 0.717) is 0 Å². The van der Waals surface area contributed by atoms with Crippen LogP contribution in [0.2, 0.25) is 0 Å². The van der Waals surface area contributed by atoms with Crippen molar-refractivity contribution >= 4 is 21.7 Å². The zero-order chi connectivity index (χ0) is 15.4. The first kappa shape index (κ1) is 16.4. The van der Waals surface area contributed by atoms with E-state index in [1.165, 1.54) is 13.1 Å². The molecule has 0 aliphatic rings. The van der Waals surface area contributed by atoms with Crippen LogP contribution in [0.4, 0.5) is 24.8 Å². The summed E-state index contributed by atoms with van der Waals surface area (Å²) >= 11 is 0. The molecule has 114 valence electrons. The van der Waals surface area contributed by atoms with Gasteiger partial charge in [0.05, 0.1) is 6.26 Å². The molecule has 0 aromatic carbocycles. The Kier molecular flexibility index (Phi) is 5.11. The Morgan fingerprint density at radius 1 is 1.20 bits per heavy atom. The Bertz CT molecular complexity index is 561. The lowest BCUT2D eigenvalue weighted by Gasteiger charge is -2.11. The van der Waals surface area contributed by atoms with Crippen molar-refractivity contribution < 1.29 is 21.6 Å². The third-order valence-electron chi connectivity index (χ3n) is 2.03. The molecule has 0 aliphatic heterocycles. The molecule has 0 aliphatic carbocycles. The molecule has 0 bridgehead atoms. The summed E-state index contributed by atoms with van der Waals surface area (Å²) in [5, 5.41) is 5.08. The second kappa shape index (κ2) is 6.22. The standard InChI is InChI=1S/C9H14F3N5O2S/c1-13-6-5-7(14-3-4-15-20(2,18)19)17-8(16-6)9(10,11)12/h5,15H,3-4H2,1-2H3,(H2,13,14,16,17). The van der Waals surface area contributed by atoms with Gasteiger partial charge < -0.3 is 10.6 Å². The van der Waals surface area contributed by atoms with Gasteiger partial charge in [0.25, 0.3) is 0 Å². The fourth-order valence-corrected chi connectivity index (χ4v) is 1.69. The molecular formula is C9H14F3N5O2S. The molecule has 0 spiro atoms. The van der Waals surface area contributed by atoms with Gasteiger partial charge in [-0.15, -0.1) is 0 Å². The Balaban J connectivity index is 2.75. The van der Waals surface area contributed by atoms with E-state index in [1.54, 1.807) is 0 Å². The molecule has 0 amide bonds. The molecule has 11 heteroatoms. The van der Waals surface area contributed by atoms with Crippen molar-refractivity contribution in [2.24, 2.45) is 0 Å². The Labute approximate surface area is 114 Å². The molecule has 0 unspecified atom stereocenters. The fraction of sp³-hybridized carbons (Fsp3) is 0.556. The van der Waals surface area contributed by atoms with Crippen LogP contribution in [0.1, 0.15) is 5.82 Å². The molecule has 0 saturated carbocycles. The number of rotatable bonds is 6. The van der Waals surface area contributed by atoms with Crippen molar-refractivity contribution in [2.45, 2.75) is 6.18 Å². The van der Waals surface area contributed by atoms with E-state index in [2.05, 4.69) is 25.3 Å². The van der Waals surface area contributed by atoms with E-state index in [4.69, 9.17) is 0 Å². The topological polar surface area (TPSA) is 96.0 Å². The molecule has 7 nitrogen and oxygen atoms in total. The van der Waals surface area contributed by atoms with Crippen molar-refractivity contribution in [3.8, 4) is 0 Å². The summed E-state index contributed by atoms with van der Waals surface area (Å²) in [6, 6.07) is 1.29. The Hall–Kier alpha value is -1.62. The third-order valence-corrected chi connectivity index (χ3v) is 2.76. The van der Waals surface area contributed by atoms with E-state index < -0.39 is 22.0 Å². The molecule has 0 saturated heterocycles. The molecule has 1 rings (SSSR count). The summed E-state index contributed by atoms with van der Waals surface area (Å²) in [5.74, 6) is -1.32. The maximum atomic E-state index is 12.6. The van der Waals surface area contributed by atoms with Crippen molar-refractivity contribution in [1.82, 2.24) is 14.7 Å². The number of halogens is 3. The van der Waals surface area contributed by atoms with Gasteiger partial charge in [-0.3, -0.25) is 0 Å². The number of anilines is 2. The number of hydrogen-bond acceptors (Lipinski definition) is 6. The zero-order valence-electron chi connectivity index (χ0n) is 10.7. The van der Waals surface area contributed by atoms with Gasteiger partial charge in [0.15, 0.2) is 0 Å². The summed E-state index contributed by atoms with van der Waals surface area (Å²) in [7, 11) is -1.91. The third kappa shape index (κ3) is 5.57. The summed E-state index contributed by atoms with van der Waals surface area (Å²) in [6.07, 6.45) is -3.67. The van der Waals surface area contributed by atoms with Crippen molar-refractivity contribution in [3.63, 3.8) is 0 Å². The van der Waals surface area contributed by atoms with Gasteiger partial charge in [0.2, 0.25) is 15.8 Å². The predicted molar refractivity (Wildman–Crippen MR) is 67.9 cm³/mol. The van der Waals surface area contributed by atoms with Gasteiger partial charge in [-0.25, -0.2) is 23.1 Å². The second-order valence-corrected chi connectivity index (χ2v) is 5.64. The molecular weight excluding hydrogens is 299 g/mol. The van der Waals surface area contributed by atoms with Crippen LogP contribution in [0.5, 0.6) is 0 Å². The van der Waals surface area contributed by atoms with Crippen LogP contribution in [0.15, 0.2) is 6.07 Å². The van der Waals surface area contributed by atoms with Gasteiger partial charge >= 0.3 is 6.18 Å². The first-order valence-corrected chi connectivity index (χ1v) is 7.33. The van der Waals surface area contributed by atoms with Crippen molar-refractivity contribution in [2.75, 3.05) is 37.0 Å². The van der Waals surface area contributed by atoms with E-state index in [0.717, 1.165) is 6.26 Å². The molecule has 0 radical (unpaired) electrons. The summed E-state index contributed by atoms with van der Waals surface area (Å²) in [6.45, 7) is 0.115. The fourth-order valence-electron chi connectivity index (χ4n) is 1.22. The normalized spacial score (nSPS) is 12.2. The average molecular weight is 313 g/mol. The number of hydrogen-bond donors (Lipinski definition) is 3. The molecule has 0 fully saturated rings. The SMILES string of the molecule is CNc1cc(NCCNS(C)(=O)=O)nc(C(F)(F)F)n1. The number of sulfonamides is 1. The van der Waals surface area contributed by atoms with Crippen LogP contribution < -0.4 is 15.4 Å². The van der Waals surface area contributed by atoms with Crippen LogP contribution >= 0.6 is 0 Å². The van der Waals surface area contributed by atoms with Gasteiger partial charge in [-0.2, -0.15) is 13.2 Å². The maximum Gasteiger partial charge on any atom is 0.451 e. The highest BCUT2D eigenvalue weighted by molar-refractivity contribution is 7.88. The summed E-state index contributed by atoms with van der Waals surface area (Å²) in [5.41, 5.74) is 0. The first-order valence-electron chi connectivity index (χ1n) is 5.44. The lowest BCUT2D eigenvalue weighted by Crippen LogP contribution is -2.28. The number of alkyl halides is 3. The van der Waals surface area contributed by atoms with Crippen LogP contribution in [0, 0.1) is 0 Å². The number of nitrogens with zero attached hydrogens (tertiary/aromatic N) is 2. The van der Waals surface area contributed by atoms with Gasteiger partial charge in [0.1, 0.15) is 11.6 Å². The molecule has 1 heterocycles. The highest BCUT2D eigenvalue weighted by atomic mass is 32.2. The molecule has 1 aromatic rings. The Morgan fingerprint density at radius 3 is 2.30 bits per heavy atom. The number of nitrogens with one attached hydrogen (secondary N) is 3. The van der Waals surface area contributed by atoms with E-state index in [1.807, 2.05) is 0 Å². The summed E-state index contributed by atoms with van der Waals surface area (Å²) < 4.78 is 61.5. The lowest BCUT2D eigenvalue weighted by molar-refractivity contribution is -0.144. The lowest BCUT2D eigenvalue weighted by atomic mass is 10.4. The summed E-state index contributed by atoms with van der Waals surface area (Å²) in [4.78, 5) is 6.61. The monoisotopic (exact) mass is 313 g/mol. The highest BCUT2D eigenvalue weighted by Gasteiger charge is 2.35. The van der Waals surface area contributed by atoms with E-state index in [-0.39, 0.29) is 24.7 Å². The first-order chi connectivity index (χ1) is 9.12. The Morgan fingerprint density at radius 2 is 1.80 bits per heavy atom. The number of aromatic nitrogens is 2. The van der Waals surface area contributed by atoms with Crippen LogP contribution in [0.3, 0.4) is 0 Å².